The predicted molar refractivity (Wildman–Crippen MR) is 92.6 cm³/mol. The molecular weight excluding hydrogens is 346 g/mol. The molecule has 0 radical (unpaired) electrons. The standard InChI is InChI=1S/C16H11N3O5S/c1-9(20)17-16-18-15(21)14(25-16)8-10-6-7-13(24-10)11-4-2-3-5-12(11)19(22)23/h2-8H,1H3,(H,17,18,20,21)/b14-8-. The van der Waals surface area contributed by atoms with Crippen LogP contribution in [0.2, 0.25) is 0 Å². The maximum atomic E-state index is 11.8. The van der Waals surface area contributed by atoms with E-state index in [-0.39, 0.29) is 21.7 Å². The van der Waals surface area contributed by atoms with Gasteiger partial charge in [0.25, 0.3) is 11.6 Å². The summed E-state index contributed by atoms with van der Waals surface area (Å²) in [5, 5.41) is 13.8. The summed E-state index contributed by atoms with van der Waals surface area (Å²) in [6, 6.07) is 9.41. The van der Waals surface area contributed by atoms with Crippen LogP contribution in [0.25, 0.3) is 17.4 Å². The van der Waals surface area contributed by atoms with Crippen LogP contribution in [0.5, 0.6) is 0 Å². The number of amides is 2. The third-order valence-electron chi connectivity index (χ3n) is 3.17. The highest BCUT2D eigenvalue weighted by Crippen LogP contribution is 2.33. The van der Waals surface area contributed by atoms with Gasteiger partial charge in [0.05, 0.1) is 15.4 Å². The van der Waals surface area contributed by atoms with Gasteiger partial charge < -0.3 is 9.73 Å². The lowest BCUT2D eigenvalue weighted by atomic mass is 10.1. The Morgan fingerprint density at radius 2 is 2.08 bits per heavy atom. The van der Waals surface area contributed by atoms with Crippen molar-refractivity contribution in [2.24, 2.45) is 4.99 Å². The molecule has 9 heteroatoms. The van der Waals surface area contributed by atoms with Crippen molar-refractivity contribution >= 4 is 40.5 Å². The molecule has 126 valence electrons. The van der Waals surface area contributed by atoms with Gasteiger partial charge in [-0.25, -0.2) is 0 Å². The first-order valence-corrected chi connectivity index (χ1v) is 7.89. The smallest absolute Gasteiger partial charge is 0.286 e. The van der Waals surface area contributed by atoms with Crippen molar-refractivity contribution in [3.8, 4) is 11.3 Å². The van der Waals surface area contributed by atoms with Crippen LogP contribution in [0.4, 0.5) is 5.69 Å². The van der Waals surface area contributed by atoms with Crippen LogP contribution < -0.4 is 5.32 Å². The molecule has 2 amide bonds. The molecule has 1 N–H and O–H groups in total. The summed E-state index contributed by atoms with van der Waals surface area (Å²) in [6.07, 6.45) is 1.48. The molecule has 0 saturated carbocycles. The zero-order chi connectivity index (χ0) is 18.0. The van der Waals surface area contributed by atoms with Crippen molar-refractivity contribution in [2.75, 3.05) is 0 Å². The molecular formula is C16H11N3O5S. The van der Waals surface area contributed by atoms with E-state index in [1.54, 1.807) is 30.3 Å². The van der Waals surface area contributed by atoms with Crippen LogP contribution in [-0.2, 0) is 9.59 Å². The number of thioether (sulfide) groups is 1. The van der Waals surface area contributed by atoms with Crippen LogP contribution >= 0.6 is 11.8 Å². The van der Waals surface area contributed by atoms with Crippen LogP contribution in [0, 0.1) is 10.1 Å². The molecule has 0 unspecified atom stereocenters. The maximum absolute atomic E-state index is 11.8. The van der Waals surface area contributed by atoms with Gasteiger partial charge in [-0.15, -0.1) is 0 Å². The van der Waals surface area contributed by atoms with Crippen LogP contribution in [0.3, 0.4) is 0 Å². The Morgan fingerprint density at radius 1 is 1.32 bits per heavy atom. The molecule has 0 aliphatic carbocycles. The highest BCUT2D eigenvalue weighted by atomic mass is 32.2. The average Bonchev–Trinajstić information content (AvgIpc) is 3.14. The minimum atomic E-state index is -0.489. The lowest BCUT2D eigenvalue weighted by Gasteiger charge is -1.99. The Balaban J connectivity index is 1.85. The van der Waals surface area contributed by atoms with Crippen molar-refractivity contribution in [1.82, 2.24) is 5.32 Å². The number of aliphatic imine (C=N–C) groups is 1. The number of furan rings is 1. The molecule has 8 nitrogen and oxygen atoms in total. The van der Waals surface area contributed by atoms with E-state index in [4.69, 9.17) is 4.42 Å². The topological polar surface area (TPSA) is 115 Å². The van der Waals surface area contributed by atoms with Gasteiger partial charge in [0, 0.05) is 19.1 Å². The number of nitro groups is 1. The molecule has 25 heavy (non-hydrogen) atoms. The third-order valence-corrected chi connectivity index (χ3v) is 4.07. The van der Waals surface area contributed by atoms with Crippen molar-refractivity contribution in [1.29, 1.82) is 0 Å². The molecule has 0 fully saturated rings. The number of hydrogen-bond acceptors (Lipinski definition) is 6. The van der Waals surface area contributed by atoms with E-state index in [1.165, 1.54) is 19.1 Å². The van der Waals surface area contributed by atoms with Gasteiger partial charge in [0.15, 0.2) is 5.17 Å². The molecule has 0 saturated heterocycles. The molecule has 1 aliphatic heterocycles. The molecule has 3 rings (SSSR count). The van der Waals surface area contributed by atoms with Gasteiger partial charge in [-0.1, -0.05) is 12.1 Å². The summed E-state index contributed by atoms with van der Waals surface area (Å²) < 4.78 is 5.60. The second kappa shape index (κ2) is 6.73. The molecule has 1 aliphatic rings. The lowest BCUT2D eigenvalue weighted by Crippen LogP contribution is -2.23. The van der Waals surface area contributed by atoms with Gasteiger partial charge in [0.2, 0.25) is 5.91 Å². The number of carbonyl (C=O) groups is 2. The Bertz CT molecular complexity index is 945. The minimum Gasteiger partial charge on any atom is -0.456 e. The number of nitrogens with one attached hydrogen (secondary N) is 1. The fraction of sp³-hybridized carbons (Fsp3) is 0.0625. The summed E-state index contributed by atoms with van der Waals surface area (Å²) in [7, 11) is 0. The van der Waals surface area contributed by atoms with Crippen molar-refractivity contribution in [2.45, 2.75) is 6.92 Å². The zero-order valence-electron chi connectivity index (χ0n) is 12.9. The summed E-state index contributed by atoms with van der Waals surface area (Å²) in [5.74, 6) is -0.143. The molecule has 2 heterocycles. The average molecular weight is 357 g/mol. The van der Waals surface area contributed by atoms with Crippen molar-refractivity contribution in [3.63, 3.8) is 0 Å². The normalized spacial score (nSPS) is 15.3. The Morgan fingerprint density at radius 3 is 2.80 bits per heavy atom. The summed E-state index contributed by atoms with van der Waals surface area (Å²) >= 11 is 1.02. The second-order valence-electron chi connectivity index (χ2n) is 4.99. The first-order chi connectivity index (χ1) is 11.9. The second-order valence-corrected chi connectivity index (χ2v) is 6.02. The van der Waals surface area contributed by atoms with E-state index < -0.39 is 10.8 Å². The van der Waals surface area contributed by atoms with Gasteiger partial charge >= 0.3 is 0 Å². The summed E-state index contributed by atoms with van der Waals surface area (Å²) in [4.78, 5) is 37.5. The molecule has 0 spiro atoms. The van der Waals surface area contributed by atoms with E-state index >= 15 is 0 Å². The van der Waals surface area contributed by atoms with Gasteiger partial charge in [-0.2, -0.15) is 4.99 Å². The summed E-state index contributed by atoms with van der Waals surface area (Å²) in [5.41, 5.74) is 0.274. The monoisotopic (exact) mass is 357 g/mol. The number of hydrogen-bond donors (Lipinski definition) is 1. The van der Waals surface area contributed by atoms with Gasteiger partial charge in [-0.3, -0.25) is 19.7 Å². The lowest BCUT2D eigenvalue weighted by molar-refractivity contribution is -0.384. The first-order valence-electron chi connectivity index (χ1n) is 7.08. The Hall–Kier alpha value is -3.20. The minimum absolute atomic E-state index is 0.0707. The zero-order valence-corrected chi connectivity index (χ0v) is 13.7. The Kier molecular flexibility index (Phi) is 4.48. The Labute approximate surface area is 145 Å². The quantitative estimate of drug-likeness (QED) is 0.513. The number of carbonyl (C=O) groups excluding carboxylic acids is 2. The van der Waals surface area contributed by atoms with E-state index in [0.29, 0.717) is 17.1 Å². The SMILES string of the molecule is CC(=O)NC1=NC(=O)/C(=C/c2ccc(-c3ccccc3[N+](=O)[O-])o2)S1. The van der Waals surface area contributed by atoms with Crippen molar-refractivity contribution in [3.05, 3.63) is 57.2 Å². The van der Waals surface area contributed by atoms with E-state index in [2.05, 4.69) is 10.3 Å². The number of rotatable bonds is 3. The fourth-order valence-corrected chi connectivity index (χ4v) is 3.00. The maximum Gasteiger partial charge on any atom is 0.286 e. The summed E-state index contributed by atoms with van der Waals surface area (Å²) in [6.45, 7) is 1.32. The van der Waals surface area contributed by atoms with Crippen LogP contribution in [-0.4, -0.2) is 21.9 Å². The van der Waals surface area contributed by atoms with E-state index in [0.717, 1.165) is 11.8 Å². The fourth-order valence-electron chi connectivity index (χ4n) is 2.16. The van der Waals surface area contributed by atoms with Crippen LogP contribution in [0.15, 0.2) is 50.7 Å². The highest BCUT2D eigenvalue weighted by Gasteiger charge is 2.23. The predicted octanol–water partition coefficient (Wildman–Crippen LogP) is 2.96. The number of nitrogens with zero attached hydrogens (tertiary/aromatic N) is 2. The number of benzene rings is 1. The molecule has 0 atom stereocenters. The van der Waals surface area contributed by atoms with E-state index in [9.17, 15) is 19.7 Å². The first kappa shape index (κ1) is 16.7. The van der Waals surface area contributed by atoms with Crippen molar-refractivity contribution < 1.29 is 18.9 Å². The van der Waals surface area contributed by atoms with Gasteiger partial charge in [0.1, 0.15) is 11.5 Å². The number of para-hydroxylation sites is 1. The molecule has 1 aromatic carbocycles. The van der Waals surface area contributed by atoms with Crippen LogP contribution in [0.1, 0.15) is 12.7 Å². The number of amidine groups is 1. The number of nitro benzene ring substituents is 1. The third kappa shape index (κ3) is 3.66. The highest BCUT2D eigenvalue weighted by molar-refractivity contribution is 8.18. The molecule has 1 aromatic heterocycles. The largest absolute Gasteiger partial charge is 0.456 e. The molecule has 2 aromatic rings. The van der Waals surface area contributed by atoms with Gasteiger partial charge in [-0.05, 0) is 30.0 Å². The van der Waals surface area contributed by atoms with E-state index in [1.807, 2.05) is 0 Å². The molecule has 0 bridgehead atoms.